The van der Waals surface area contributed by atoms with Gasteiger partial charge in [0.25, 0.3) is 0 Å². The molecule has 0 aliphatic rings. The fourth-order valence-electron chi connectivity index (χ4n) is 1.73. The van der Waals surface area contributed by atoms with E-state index in [-0.39, 0.29) is 11.7 Å². The highest BCUT2D eigenvalue weighted by atomic mass is 32.1. The summed E-state index contributed by atoms with van der Waals surface area (Å²) in [6.07, 6.45) is 1.69. The second kappa shape index (κ2) is 6.00. The van der Waals surface area contributed by atoms with Crippen molar-refractivity contribution in [1.29, 1.82) is 0 Å². The van der Waals surface area contributed by atoms with Crippen molar-refractivity contribution in [3.63, 3.8) is 0 Å². The third kappa shape index (κ3) is 3.14. The molecule has 0 spiro atoms. The second-order valence-corrected chi connectivity index (χ2v) is 5.62. The fraction of sp³-hybridized carbons (Fsp3) is 0.286. The van der Waals surface area contributed by atoms with Crippen molar-refractivity contribution < 1.29 is 13.9 Å². The molecule has 106 valence electrons. The number of anilines is 1. The molecule has 20 heavy (non-hydrogen) atoms. The van der Waals surface area contributed by atoms with Crippen LogP contribution in [0.25, 0.3) is 0 Å². The Kier molecular flexibility index (Phi) is 4.34. The van der Waals surface area contributed by atoms with Gasteiger partial charge in [-0.3, -0.25) is 4.79 Å². The van der Waals surface area contributed by atoms with Gasteiger partial charge in [0, 0.05) is 11.1 Å². The SMILES string of the molecule is COc1ccc(C(C)C(=O)Nc2ncc(C)s2)cc1F. The lowest BCUT2D eigenvalue weighted by molar-refractivity contribution is -0.117. The van der Waals surface area contributed by atoms with Gasteiger partial charge in [-0.15, -0.1) is 11.3 Å². The van der Waals surface area contributed by atoms with Crippen molar-refractivity contribution in [2.45, 2.75) is 19.8 Å². The highest BCUT2D eigenvalue weighted by Gasteiger charge is 2.18. The van der Waals surface area contributed by atoms with Crippen molar-refractivity contribution in [1.82, 2.24) is 4.98 Å². The molecular formula is C14H15FN2O2S. The lowest BCUT2D eigenvalue weighted by atomic mass is 10.00. The molecule has 0 aliphatic carbocycles. The second-order valence-electron chi connectivity index (χ2n) is 4.38. The molecule has 1 atom stereocenters. The van der Waals surface area contributed by atoms with Crippen molar-refractivity contribution in [2.24, 2.45) is 0 Å². The Morgan fingerprint density at radius 3 is 2.80 bits per heavy atom. The predicted octanol–water partition coefficient (Wildman–Crippen LogP) is 3.34. The van der Waals surface area contributed by atoms with E-state index < -0.39 is 11.7 Å². The summed E-state index contributed by atoms with van der Waals surface area (Å²) in [6.45, 7) is 3.63. The largest absolute Gasteiger partial charge is 0.494 e. The molecule has 1 amide bonds. The van der Waals surface area contributed by atoms with Gasteiger partial charge in [-0.05, 0) is 31.5 Å². The Hall–Kier alpha value is -1.95. The zero-order valence-corrected chi connectivity index (χ0v) is 12.3. The molecule has 0 bridgehead atoms. The molecule has 1 heterocycles. The van der Waals surface area contributed by atoms with E-state index in [9.17, 15) is 9.18 Å². The number of methoxy groups -OCH3 is 1. The van der Waals surface area contributed by atoms with Crippen LogP contribution in [0.15, 0.2) is 24.4 Å². The molecular weight excluding hydrogens is 279 g/mol. The fourth-order valence-corrected chi connectivity index (χ4v) is 2.40. The first-order valence-corrected chi connectivity index (χ1v) is 6.89. The zero-order chi connectivity index (χ0) is 14.7. The lowest BCUT2D eigenvalue weighted by Gasteiger charge is -2.12. The van der Waals surface area contributed by atoms with Crippen LogP contribution in [0.2, 0.25) is 0 Å². The first-order chi connectivity index (χ1) is 9.51. The maximum Gasteiger partial charge on any atom is 0.233 e. The third-order valence-corrected chi connectivity index (χ3v) is 3.75. The number of amides is 1. The molecule has 1 aromatic carbocycles. The topological polar surface area (TPSA) is 51.2 Å². The first-order valence-electron chi connectivity index (χ1n) is 6.08. The normalized spacial score (nSPS) is 12.0. The number of aryl methyl sites for hydroxylation is 1. The molecule has 1 aromatic heterocycles. The Bertz CT molecular complexity index is 627. The molecule has 2 rings (SSSR count). The van der Waals surface area contributed by atoms with Gasteiger partial charge >= 0.3 is 0 Å². The molecule has 0 saturated carbocycles. The van der Waals surface area contributed by atoms with E-state index >= 15 is 0 Å². The van der Waals surface area contributed by atoms with Gasteiger partial charge < -0.3 is 10.1 Å². The molecule has 1 unspecified atom stereocenters. The van der Waals surface area contributed by atoms with E-state index in [0.29, 0.717) is 10.7 Å². The van der Waals surface area contributed by atoms with Gasteiger partial charge in [-0.25, -0.2) is 9.37 Å². The van der Waals surface area contributed by atoms with Crippen LogP contribution in [0.1, 0.15) is 23.3 Å². The van der Waals surface area contributed by atoms with Gasteiger partial charge in [0.05, 0.1) is 13.0 Å². The number of halogens is 1. The first kappa shape index (κ1) is 14.5. The quantitative estimate of drug-likeness (QED) is 0.941. The van der Waals surface area contributed by atoms with E-state index in [1.807, 2.05) is 6.92 Å². The lowest BCUT2D eigenvalue weighted by Crippen LogP contribution is -2.18. The molecule has 0 fully saturated rings. The summed E-state index contributed by atoms with van der Waals surface area (Å²) >= 11 is 1.40. The number of hydrogen-bond donors (Lipinski definition) is 1. The Morgan fingerprint density at radius 1 is 1.50 bits per heavy atom. The molecule has 2 aromatic rings. The standard InChI is InChI=1S/C14H15FN2O2S/c1-8-7-16-14(20-8)17-13(18)9(2)10-4-5-12(19-3)11(15)6-10/h4-7,9H,1-3H3,(H,16,17,18). The average molecular weight is 294 g/mol. The summed E-state index contributed by atoms with van der Waals surface area (Å²) in [5.41, 5.74) is 0.592. The molecule has 0 radical (unpaired) electrons. The number of nitrogens with zero attached hydrogens (tertiary/aromatic N) is 1. The van der Waals surface area contributed by atoms with E-state index in [1.54, 1.807) is 19.2 Å². The molecule has 4 nitrogen and oxygen atoms in total. The number of ether oxygens (including phenoxy) is 1. The van der Waals surface area contributed by atoms with Gasteiger partial charge in [0.2, 0.25) is 5.91 Å². The van der Waals surface area contributed by atoms with Crippen molar-refractivity contribution in [3.05, 3.63) is 40.7 Å². The van der Waals surface area contributed by atoms with E-state index in [0.717, 1.165) is 4.88 Å². The third-order valence-electron chi connectivity index (χ3n) is 2.92. The van der Waals surface area contributed by atoms with Gasteiger partial charge in [0.15, 0.2) is 16.7 Å². The smallest absolute Gasteiger partial charge is 0.233 e. The number of nitrogens with one attached hydrogen (secondary N) is 1. The van der Waals surface area contributed by atoms with Crippen molar-refractivity contribution in [3.8, 4) is 5.75 Å². The monoisotopic (exact) mass is 294 g/mol. The van der Waals surface area contributed by atoms with E-state index in [2.05, 4.69) is 10.3 Å². The maximum absolute atomic E-state index is 13.6. The van der Waals surface area contributed by atoms with Crippen LogP contribution < -0.4 is 10.1 Å². The zero-order valence-electron chi connectivity index (χ0n) is 11.4. The van der Waals surface area contributed by atoms with E-state index in [1.165, 1.54) is 30.6 Å². The van der Waals surface area contributed by atoms with Crippen molar-refractivity contribution >= 4 is 22.4 Å². The summed E-state index contributed by atoms with van der Waals surface area (Å²) in [5, 5.41) is 3.27. The molecule has 6 heteroatoms. The van der Waals surface area contributed by atoms with Gasteiger partial charge in [0.1, 0.15) is 0 Å². The predicted molar refractivity (Wildman–Crippen MR) is 76.8 cm³/mol. The summed E-state index contributed by atoms with van der Waals surface area (Å²) < 4.78 is 18.5. The summed E-state index contributed by atoms with van der Waals surface area (Å²) in [6, 6.07) is 4.51. The minimum absolute atomic E-state index is 0.164. The number of benzene rings is 1. The average Bonchev–Trinajstić information content (AvgIpc) is 2.83. The van der Waals surface area contributed by atoms with Crippen LogP contribution in [0, 0.1) is 12.7 Å². The molecule has 1 N–H and O–H groups in total. The van der Waals surface area contributed by atoms with Crippen LogP contribution in [-0.4, -0.2) is 18.0 Å². The van der Waals surface area contributed by atoms with Crippen molar-refractivity contribution in [2.75, 3.05) is 12.4 Å². The van der Waals surface area contributed by atoms with Crippen LogP contribution >= 0.6 is 11.3 Å². The number of aromatic nitrogens is 1. The van der Waals surface area contributed by atoms with E-state index in [4.69, 9.17) is 4.74 Å². The Balaban J connectivity index is 2.12. The summed E-state index contributed by atoms with van der Waals surface area (Å²) in [5.74, 6) is -1.00. The minimum Gasteiger partial charge on any atom is -0.494 e. The summed E-state index contributed by atoms with van der Waals surface area (Å²) in [4.78, 5) is 17.2. The number of carbonyl (C=O) groups is 1. The molecule has 0 saturated heterocycles. The number of hydrogen-bond acceptors (Lipinski definition) is 4. The van der Waals surface area contributed by atoms with Crippen LogP contribution in [-0.2, 0) is 4.79 Å². The minimum atomic E-state index is -0.477. The Morgan fingerprint density at radius 2 is 2.25 bits per heavy atom. The van der Waals surface area contributed by atoms with Gasteiger partial charge in [-0.1, -0.05) is 6.07 Å². The highest BCUT2D eigenvalue weighted by molar-refractivity contribution is 7.15. The molecule has 0 aliphatic heterocycles. The number of thiazole rings is 1. The van der Waals surface area contributed by atoms with Crippen LogP contribution in [0.4, 0.5) is 9.52 Å². The highest BCUT2D eigenvalue weighted by Crippen LogP contribution is 2.25. The number of carbonyl (C=O) groups excluding carboxylic acids is 1. The summed E-state index contributed by atoms with van der Waals surface area (Å²) in [7, 11) is 1.40. The Labute approximate surface area is 120 Å². The van der Waals surface area contributed by atoms with Crippen LogP contribution in [0.3, 0.4) is 0 Å². The number of rotatable bonds is 4. The van der Waals surface area contributed by atoms with Gasteiger partial charge in [-0.2, -0.15) is 0 Å². The maximum atomic E-state index is 13.6. The van der Waals surface area contributed by atoms with Crippen LogP contribution in [0.5, 0.6) is 5.75 Å².